The number of halogens is 1. The molecule has 112 valence electrons. The fourth-order valence-corrected chi connectivity index (χ4v) is 5.78. The van der Waals surface area contributed by atoms with E-state index in [0.29, 0.717) is 17.6 Å². The molecule has 2 nitrogen and oxygen atoms in total. The highest BCUT2D eigenvalue weighted by Gasteiger charge is 2.51. The summed E-state index contributed by atoms with van der Waals surface area (Å²) in [5, 5.41) is 0. The summed E-state index contributed by atoms with van der Waals surface area (Å²) in [6.07, 6.45) is 8.14. The molecule has 0 heterocycles. The Bertz CT molecular complexity index is 531. The molecule has 1 aromatic rings. The van der Waals surface area contributed by atoms with Crippen molar-refractivity contribution in [1.82, 2.24) is 0 Å². The molecule has 4 saturated carbocycles. The second-order valence-electron chi connectivity index (χ2n) is 7.50. The Morgan fingerprint density at radius 3 is 2.33 bits per heavy atom. The van der Waals surface area contributed by atoms with Gasteiger partial charge >= 0.3 is 5.97 Å². The molecule has 0 aliphatic heterocycles. The van der Waals surface area contributed by atoms with E-state index in [1.165, 1.54) is 38.5 Å². The smallest absolute Gasteiger partial charge is 0.338 e. The summed E-state index contributed by atoms with van der Waals surface area (Å²) < 4.78 is 6.63. The number of benzene rings is 1. The number of carbonyl (C=O) groups excluding carboxylic acids is 1. The molecule has 4 aliphatic carbocycles. The van der Waals surface area contributed by atoms with Gasteiger partial charge in [0.1, 0.15) is 0 Å². The van der Waals surface area contributed by atoms with E-state index in [-0.39, 0.29) is 5.97 Å². The van der Waals surface area contributed by atoms with Gasteiger partial charge in [-0.15, -0.1) is 0 Å². The quantitative estimate of drug-likeness (QED) is 0.731. The summed E-state index contributed by atoms with van der Waals surface area (Å²) in [6, 6.07) is 7.47. The molecule has 3 heteroatoms. The number of esters is 1. The minimum Gasteiger partial charge on any atom is -0.462 e. The van der Waals surface area contributed by atoms with Crippen LogP contribution in [-0.4, -0.2) is 12.6 Å². The predicted octanol–water partition coefficient (Wildman–Crippen LogP) is 4.82. The summed E-state index contributed by atoms with van der Waals surface area (Å²) in [7, 11) is 0. The fourth-order valence-electron chi connectivity index (χ4n) is 5.38. The van der Waals surface area contributed by atoms with E-state index < -0.39 is 0 Å². The highest BCUT2D eigenvalue weighted by molar-refractivity contribution is 9.10. The predicted molar refractivity (Wildman–Crippen MR) is 85.0 cm³/mol. The monoisotopic (exact) mass is 348 g/mol. The molecule has 0 saturated heterocycles. The first-order chi connectivity index (χ1) is 10.1. The molecule has 4 fully saturated rings. The average molecular weight is 349 g/mol. The second-order valence-corrected chi connectivity index (χ2v) is 8.42. The minimum absolute atomic E-state index is 0.174. The molecule has 0 N–H and O–H groups in total. The van der Waals surface area contributed by atoms with Crippen LogP contribution in [0.2, 0.25) is 0 Å². The molecule has 0 spiro atoms. The van der Waals surface area contributed by atoms with Crippen LogP contribution in [0.15, 0.2) is 28.7 Å². The number of hydrogen-bond acceptors (Lipinski definition) is 2. The van der Waals surface area contributed by atoms with E-state index in [1.807, 2.05) is 24.3 Å². The van der Waals surface area contributed by atoms with Crippen molar-refractivity contribution in [3.8, 4) is 0 Å². The lowest BCUT2D eigenvalue weighted by atomic mass is 9.50. The SMILES string of the molecule is O=C(OCC12CC3CC(CC(C3)C1)C2)c1cccc(Br)c1. The summed E-state index contributed by atoms with van der Waals surface area (Å²) in [6.45, 7) is 0.627. The first kappa shape index (κ1) is 13.8. The molecule has 5 rings (SSSR count). The Labute approximate surface area is 134 Å². The van der Waals surface area contributed by atoms with Gasteiger partial charge in [-0.3, -0.25) is 0 Å². The van der Waals surface area contributed by atoms with Crippen molar-refractivity contribution in [3.63, 3.8) is 0 Å². The van der Waals surface area contributed by atoms with Crippen LogP contribution in [0.4, 0.5) is 0 Å². The van der Waals surface area contributed by atoms with E-state index in [0.717, 1.165) is 22.2 Å². The van der Waals surface area contributed by atoms with E-state index in [9.17, 15) is 4.79 Å². The zero-order valence-electron chi connectivity index (χ0n) is 12.2. The average Bonchev–Trinajstić information content (AvgIpc) is 2.43. The Kier molecular flexibility index (Phi) is 3.36. The van der Waals surface area contributed by atoms with Gasteiger partial charge in [0, 0.05) is 9.89 Å². The van der Waals surface area contributed by atoms with Gasteiger partial charge < -0.3 is 4.74 Å². The minimum atomic E-state index is -0.174. The van der Waals surface area contributed by atoms with Crippen LogP contribution >= 0.6 is 15.9 Å². The largest absolute Gasteiger partial charge is 0.462 e. The zero-order chi connectivity index (χ0) is 14.4. The van der Waals surface area contributed by atoms with Gasteiger partial charge in [0.2, 0.25) is 0 Å². The van der Waals surface area contributed by atoms with Crippen molar-refractivity contribution in [2.75, 3.05) is 6.61 Å². The van der Waals surface area contributed by atoms with E-state index in [2.05, 4.69) is 15.9 Å². The first-order valence-corrected chi connectivity index (χ1v) is 8.84. The third-order valence-corrected chi connectivity index (χ3v) is 6.23. The Morgan fingerprint density at radius 1 is 1.14 bits per heavy atom. The maximum atomic E-state index is 12.2. The van der Waals surface area contributed by atoms with Crippen molar-refractivity contribution in [2.45, 2.75) is 38.5 Å². The summed E-state index contributed by atoms with van der Waals surface area (Å²) in [5.74, 6) is 2.54. The maximum Gasteiger partial charge on any atom is 0.338 e. The van der Waals surface area contributed by atoms with Gasteiger partial charge in [-0.05, 0) is 74.5 Å². The highest BCUT2D eigenvalue weighted by atomic mass is 79.9. The first-order valence-electron chi connectivity index (χ1n) is 8.05. The second kappa shape index (κ2) is 5.12. The van der Waals surface area contributed by atoms with Gasteiger partial charge in [-0.2, -0.15) is 0 Å². The van der Waals surface area contributed by atoms with Gasteiger partial charge in [-0.1, -0.05) is 22.0 Å². The number of hydrogen-bond donors (Lipinski definition) is 0. The van der Waals surface area contributed by atoms with Gasteiger partial charge in [0.05, 0.1) is 12.2 Å². The van der Waals surface area contributed by atoms with Gasteiger partial charge in [0.25, 0.3) is 0 Å². The fraction of sp³-hybridized carbons (Fsp3) is 0.611. The number of rotatable bonds is 3. The molecular formula is C18H21BrO2. The lowest BCUT2D eigenvalue weighted by Gasteiger charge is -2.56. The Balaban J connectivity index is 1.44. The summed E-state index contributed by atoms with van der Waals surface area (Å²) >= 11 is 3.41. The van der Waals surface area contributed by atoms with Crippen LogP contribution in [-0.2, 0) is 4.74 Å². The van der Waals surface area contributed by atoms with Crippen molar-refractivity contribution >= 4 is 21.9 Å². The molecule has 4 bridgehead atoms. The maximum absolute atomic E-state index is 12.2. The van der Waals surface area contributed by atoms with Crippen molar-refractivity contribution in [3.05, 3.63) is 34.3 Å². The van der Waals surface area contributed by atoms with Gasteiger partial charge in [0.15, 0.2) is 0 Å². The molecule has 1 aromatic carbocycles. The summed E-state index contributed by atoms with van der Waals surface area (Å²) in [5.41, 5.74) is 0.949. The normalized spacial score (nSPS) is 36.7. The van der Waals surface area contributed by atoms with Crippen LogP contribution in [0.5, 0.6) is 0 Å². The topological polar surface area (TPSA) is 26.3 Å². The van der Waals surface area contributed by atoms with Crippen LogP contribution in [0, 0.1) is 23.2 Å². The van der Waals surface area contributed by atoms with Crippen molar-refractivity contribution in [1.29, 1.82) is 0 Å². The van der Waals surface area contributed by atoms with E-state index in [1.54, 1.807) is 0 Å². The van der Waals surface area contributed by atoms with Crippen LogP contribution in [0.25, 0.3) is 0 Å². The van der Waals surface area contributed by atoms with Crippen LogP contribution in [0.3, 0.4) is 0 Å². The van der Waals surface area contributed by atoms with Crippen LogP contribution < -0.4 is 0 Å². The molecule has 0 radical (unpaired) electrons. The molecule has 0 aromatic heterocycles. The van der Waals surface area contributed by atoms with E-state index >= 15 is 0 Å². The molecular weight excluding hydrogens is 328 g/mol. The molecule has 0 amide bonds. The molecule has 21 heavy (non-hydrogen) atoms. The number of ether oxygens (including phenoxy) is 1. The molecule has 4 aliphatic rings. The Hall–Kier alpha value is -0.830. The third-order valence-electron chi connectivity index (χ3n) is 5.73. The lowest BCUT2D eigenvalue weighted by Crippen LogP contribution is -2.48. The zero-order valence-corrected chi connectivity index (χ0v) is 13.8. The molecule has 0 unspecified atom stereocenters. The van der Waals surface area contributed by atoms with E-state index in [4.69, 9.17) is 4.74 Å². The van der Waals surface area contributed by atoms with Gasteiger partial charge in [-0.25, -0.2) is 4.79 Å². The van der Waals surface area contributed by atoms with Crippen molar-refractivity contribution in [2.24, 2.45) is 23.2 Å². The van der Waals surface area contributed by atoms with Crippen LogP contribution in [0.1, 0.15) is 48.9 Å². The molecule has 0 atom stereocenters. The van der Waals surface area contributed by atoms with Crippen molar-refractivity contribution < 1.29 is 9.53 Å². The standard InChI is InChI=1S/C18H21BrO2/c19-16-3-1-2-15(7-16)17(20)21-11-18-8-12-4-13(9-18)6-14(5-12)10-18/h1-3,7,12-14H,4-6,8-11H2. The highest BCUT2D eigenvalue weighted by Crippen LogP contribution is 2.60. The lowest BCUT2D eigenvalue weighted by molar-refractivity contribution is -0.0848. The number of carbonyl (C=O) groups is 1. The third kappa shape index (κ3) is 2.65. The Morgan fingerprint density at radius 2 is 1.76 bits per heavy atom. The summed E-state index contributed by atoms with van der Waals surface area (Å²) in [4.78, 5) is 12.2.